The molecule has 6 nitrogen and oxygen atoms in total. The first-order valence-corrected chi connectivity index (χ1v) is 12.2. The van der Waals surface area contributed by atoms with Gasteiger partial charge in [-0.05, 0) is 69.7 Å². The van der Waals surface area contributed by atoms with Crippen molar-refractivity contribution in [1.29, 1.82) is 0 Å². The molecule has 1 aliphatic carbocycles. The number of amides is 1. The van der Waals surface area contributed by atoms with Crippen LogP contribution in [0.3, 0.4) is 0 Å². The number of aryl methyl sites for hydroxylation is 1. The Balaban J connectivity index is 1.68. The molecule has 0 aliphatic heterocycles. The summed E-state index contributed by atoms with van der Waals surface area (Å²) in [6.45, 7) is 6.91. The number of allylic oxidation sites excluding steroid dienone is 1. The molecule has 0 bridgehead atoms. The first kappa shape index (κ1) is 23.3. The predicted molar refractivity (Wildman–Crippen MR) is 126 cm³/mol. The standard InChI is InChI=1S/C24H33N3O3S/c1-4-27(24(28)23-14-20(18(3)26-23)13-17(2)31(29)30)22-12-8-11-21(15-22)25-16-19-9-6-5-7-10-19/h5-7,9-10,13-14,21-22,25-26,31H,4,8,11-12,15-16H2,1-3H3/b17-13+. The molecule has 0 radical (unpaired) electrons. The Hall–Kier alpha value is -2.38. The number of H-pyrrole nitrogens is 1. The second kappa shape index (κ2) is 10.8. The summed E-state index contributed by atoms with van der Waals surface area (Å²) in [6.07, 6.45) is 5.77. The van der Waals surface area contributed by atoms with Crippen molar-refractivity contribution in [3.05, 3.63) is 63.8 Å². The minimum absolute atomic E-state index is 0.0249. The molecule has 3 rings (SSSR count). The molecule has 31 heavy (non-hydrogen) atoms. The first-order chi connectivity index (χ1) is 14.9. The largest absolute Gasteiger partial charge is 0.354 e. The van der Waals surface area contributed by atoms with E-state index in [1.807, 2.05) is 24.8 Å². The highest BCUT2D eigenvalue weighted by Crippen LogP contribution is 2.25. The number of aromatic amines is 1. The summed E-state index contributed by atoms with van der Waals surface area (Å²) < 4.78 is 22.3. The van der Waals surface area contributed by atoms with E-state index in [0.29, 0.717) is 18.3 Å². The Bertz CT molecular complexity index is 987. The van der Waals surface area contributed by atoms with Crippen LogP contribution in [-0.4, -0.2) is 42.8 Å². The van der Waals surface area contributed by atoms with Crippen LogP contribution in [0.2, 0.25) is 0 Å². The van der Waals surface area contributed by atoms with E-state index in [-0.39, 0.29) is 16.9 Å². The van der Waals surface area contributed by atoms with Gasteiger partial charge in [-0.3, -0.25) is 4.79 Å². The minimum atomic E-state index is -2.61. The van der Waals surface area contributed by atoms with Gasteiger partial charge in [-0.2, -0.15) is 0 Å². The van der Waals surface area contributed by atoms with Gasteiger partial charge in [-0.15, -0.1) is 0 Å². The predicted octanol–water partition coefficient (Wildman–Crippen LogP) is 3.86. The molecular formula is C24H33N3O3S. The number of carbonyl (C=O) groups excluding carboxylic acids is 1. The summed E-state index contributed by atoms with van der Waals surface area (Å²) in [5, 5.41) is 3.66. The average molecular weight is 444 g/mol. The zero-order valence-electron chi connectivity index (χ0n) is 18.6. The lowest BCUT2D eigenvalue weighted by atomic mass is 9.89. The number of carbonyl (C=O) groups is 1. The second-order valence-electron chi connectivity index (χ2n) is 8.28. The maximum Gasteiger partial charge on any atom is 0.270 e. The number of aromatic nitrogens is 1. The van der Waals surface area contributed by atoms with Crippen molar-refractivity contribution in [3.63, 3.8) is 0 Å². The van der Waals surface area contributed by atoms with Crippen molar-refractivity contribution in [1.82, 2.24) is 15.2 Å². The van der Waals surface area contributed by atoms with Crippen LogP contribution in [0.15, 0.2) is 41.3 Å². The summed E-state index contributed by atoms with van der Waals surface area (Å²) in [7, 11) is -2.61. The highest BCUT2D eigenvalue weighted by molar-refractivity contribution is 7.76. The van der Waals surface area contributed by atoms with E-state index in [0.717, 1.165) is 43.5 Å². The molecule has 0 saturated heterocycles. The Labute approximate surface area is 186 Å². The van der Waals surface area contributed by atoms with Crippen LogP contribution in [0.1, 0.15) is 66.8 Å². The Morgan fingerprint density at radius 1 is 1.26 bits per heavy atom. The zero-order chi connectivity index (χ0) is 22.4. The number of benzene rings is 1. The van der Waals surface area contributed by atoms with E-state index in [2.05, 4.69) is 34.6 Å². The van der Waals surface area contributed by atoms with E-state index in [9.17, 15) is 13.2 Å². The highest BCUT2D eigenvalue weighted by atomic mass is 32.2. The molecule has 1 aromatic heterocycles. The topological polar surface area (TPSA) is 82.3 Å². The van der Waals surface area contributed by atoms with E-state index in [4.69, 9.17) is 0 Å². The van der Waals surface area contributed by atoms with Crippen molar-refractivity contribution >= 4 is 22.7 Å². The van der Waals surface area contributed by atoms with Crippen molar-refractivity contribution in [3.8, 4) is 0 Å². The highest BCUT2D eigenvalue weighted by Gasteiger charge is 2.30. The summed E-state index contributed by atoms with van der Waals surface area (Å²) >= 11 is 0. The number of nitrogens with zero attached hydrogens (tertiary/aromatic N) is 1. The third-order valence-corrected chi connectivity index (χ3v) is 6.77. The maximum absolute atomic E-state index is 13.3. The van der Waals surface area contributed by atoms with E-state index in [1.165, 1.54) is 5.56 Å². The zero-order valence-corrected chi connectivity index (χ0v) is 19.5. The quantitative estimate of drug-likeness (QED) is 0.541. The molecule has 2 atom stereocenters. The van der Waals surface area contributed by atoms with Crippen LogP contribution in [0.5, 0.6) is 0 Å². The third-order valence-electron chi connectivity index (χ3n) is 6.06. The van der Waals surface area contributed by atoms with Crippen LogP contribution < -0.4 is 5.32 Å². The van der Waals surface area contributed by atoms with Gasteiger partial charge in [-0.25, -0.2) is 8.42 Å². The van der Waals surface area contributed by atoms with Crippen molar-refractivity contribution in [2.24, 2.45) is 0 Å². The van der Waals surface area contributed by atoms with Gasteiger partial charge in [0.15, 0.2) is 10.7 Å². The third kappa shape index (κ3) is 6.08. The van der Waals surface area contributed by atoms with Crippen molar-refractivity contribution < 1.29 is 13.2 Å². The number of rotatable bonds is 8. The number of nitrogens with one attached hydrogen (secondary N) is 2. The molecule has 7 heteroatoms. The van der Waals surface area contributed by atoms with E-state index >= 15 is 0 Å². The molecule has 1 saturated carbocycles. The molecule has 2 unspecified atom stereocenters. The minimum Gasteiger partial charge on any atom is -0.354 e. The lowest BCUT2D eigenvalue weighted by Crippen LogP contribution is -2.46. The maximum atomic E-state index is 13.3. The number of hydrogen-bond acceptors (Lipinski definition) is 4. The van der Waals surface area contributed by atoms with Gasteiger partial charge in [0.05, 0.1) is 0 Å². The molecule has 1 aromatic carbocycles. The lowest BCUT2D eigenvalue weighted by Gasteiger charge is -2.37. The number of thiol groups is 1. The fourth-order valence-electron chi connectivity index (χ4n) is 4.33. The smallest absolute Gasteiger partial charge is 0.270 e. The first-order valence-electron chi connectivity index (χ1n) is 11.0. The molecular weight excluding hydrogens is 410 g/mol. The van der Waals surface area contributed by atoms with E-state index in [1.54, 1.807) is 19.1 Å². The molecule has 168 valence electrons. The van der Waals surface area contributed by atoms with Crippen LogP contribution in [-0.2, 0) is 17.2 Å². The Kier molecular flexibility index (Phi) is 8.09. The molecule has 1 heterocycles. The molecule has 2 N–H and O–H groups in total. The van der Waals surface area contributed by atoms with Gasteiger partial charge in [0, 0.05) is 35.8 Å². The monoisotopic (exact) mass is 443 g/mol. The second-order valence-corrected chi connectivity index (χ2v) is 9.50. The van der Waals surface area contributed by atoms with E-state index < -0.39 is 10.7 Å². The summed E-state index contributed by atoms with van der Waals surface area (Å²) in [6, 6.07) is 12.7. The normalized spacial score (nSPS) is 19.5. The fourth-order valence-corrected chi connectivity index (χ4v) is 4.57. The lowest BCUT2D eigenvalue weighted by molar-refractivity contribution is 0.0622. The van der Waals surface area contributed by atoms with Crippen LogP contribution in [0.4, 0.5) is 0 Å². The van der Waals surface area contributed by atoms with Crippen LogP contribution >= 0.6 is 0 Å². The van der Waals surface area contributed by atoms with Crippen LogP contribution in [0, 0.1) is 6.92 Å². The van der Waals surface area contributed by atoms with Gasteiger partial charge in [0.2, 0.25) is 0 Å². The van der Waals surface area contributed by atoms with Gasteiger partial charge >= 0.3 is 0 Å². The Morgan fingerprint density at radius 3 is 2.68 bits per heavy atom. The fraction of sp³-hybridized carbons (Fsp3) is 0.458. The van der Waals surface area contributed by atoms with Crippen molar-refractivity contribution in [2.75, 3.05) is 6.54 Å². The summed E-state index contributed by atoms with van der Waals surface area (Å²) in [4.78, 5) is 18.7. The molecule has 1 aliphatic rings. The number of hydrogen-bond donors (Lipinski definition) is 3. The average Bonchev–Trinajstić information content (AvgIpc) is 3.14. The molecule has 1 fully saturated rings. The van der Waals surface area contributed by atoms with Crippen LogP contribution in [0.25, 0.3) is 6.08 Å². The SMILES string of the molecule is CCN(C(=O)c1cc(/C=C(\C)[SH](=O)=O)c(C)[nH]1)C1CCCC(NCc2ccccc2)C1. The van der Waals surface area contributed by atoms with Gasteiger partial charge in [0.1, 0.15) is 5.69 Å². The van der Waals surface area contributed by atoms with Gasteiger partial charge in [-0.1, -0.05) is 30.3 Å². The van der Waals surface area contributed by atoms with Crippen molar-refractivity contribution in [2.45, 2.75) is 65.1 Å². The van der Waals surface area contributed by atoms with Gasteiger partial charge in [0.25, 0.3) is 5.91 Å². The summed E-state index contributed by atoms with van der Waals surface area (Å²) in [5.74, 6) is -0.0249. The summed E-state index contributed by atoms with van der Waals surface area (Å²) in [5.41, 5.74) is 3.31. The molecule has 0 spiro atoms. The molecule has 2 aromatic rings. The molecule has 1 amide bonds. The van der Waals surface area contributed by atoms with Gasteiger partial charge < -0.3 is 15.2 Å². The Morgan fingerprint density at radius 2 is 2.00 bits per heavy atom.